The van der Waals surface area contributed by atoms with E-state index in [1.165, 1.54) is 32.1 Å². The Labute approximate surface area is 107 Å². The molecule has 5 heteroatoms. The van der Waals surface area contributed by atoms with Gasteiger partial charge in [-0.2, -0.15) is 5.10 Å². The molecule has 1 aromatic heterocycles. The molecule has 1 spiro atoms. The number of hydrogen-bond donors (Lipinski definition) is 1. The third kappa shape index (κ3) is 2.09. The lowest BCUT2D eigenvalue weighted by atomic mass is 9.63. The monoisotopic (exact) mass is 248 g/mol. The van der Waals surface area contributed by atoms with Gasteiger partial charge in [0.2, 0.25) is 0 Å². The molecule has 0 radical (unpaired) electrons. The maximum absolute atomic E-state index is 12.1. The van der Waals surface area contributed by atoms with Crippen molar-refractivity contribution in [1.82, 2.24) is 14.7 Å². The molecule has 2 amide bonds. The van der Waals surface area contributed by atoms with Crippen molar-refractivity contribution in [1.29, 1.82) is 0 Å². The SMILES string of the molecule is Cn1ccc(NC(=O)N2CCC3(CCC3)CC2)n1. The van der Waals surface area contributed by atoms with E-state index in [0.29, 0.717) is 11.2 Å². The van der Waals surface area contributed by atoms with Crippen LogP contribution in [0.25, 0.3) is 0 Å². The van der Waals surface area contributed by atoms with E-state index in [-0.39, 0.29) is 6.03 Å². The maximum atomic E-state index is 12.1. The number of hydrogen-bond acceptors (Lipinski definition) is 2. The van der Waals surface area contributed by atoms with E-state index in [1.54, 1.807) is 4.68 Å². The predicted molar refractivity (Wildman–Crippen MR) is 69.3 cm³/mol. The molecule has 1 aliphatic carbocycles. The van der Waals surface area contributed by atoms with E-state index >= 15 is 0 Å². The van der Waals surface area contributed by atoms with Gasteiger partial charge in [-0.3, -0.25) is 10.00 Å². The van der Waals surface area contributed by atoms with E-state index in [0.717, 1.165) is 13.1 Å². The zero-order chi connectivity index (χ0) is 12.6. The van der Waals surface area contributed by atoms with Gasteiger partial charge in [0, 0.05) is 32.4 Å². The van der Waals surface area contributed by atoms with Crippen LogP contribution in [0.3, 0.4) is 0 Å². The van der Waals surface area contributed by atoms with Crippen LogP contribution in [0.15, 0.2) is 12.3 Å². The number of carbonyl (C=O) groups is 1. The topological polar surface area (TPSA) is 50.2 Å². The largest absolute Gasteiger partial charge is 0.324 e. The second-order valence-electron chi connectivity index (χ2n) is 5.65. The minimum Gasteiger partial charge on any atom is -0.324 e. The second-order valence-corrected chi connectivity index (χ2v) is 5.65. The quantitative estimate of drug-likeness (QED) is 0.828. The fourth-order valence-electron chi connectivity index (χ4n) is 3.03. The number of aryl methyl sites for hydroxylation is 1. The molecule has 0 bridgehead atoms. The first-order chi connectivity index (χ1) is 8.67. The van der Waals surface area contributed by atoms with Gasteiger partial charge in [0.05, 0.1) is 0 Å². The van der Waals surface area contributed by atoms with Crippen LogP contribution in [-0.2, 0) is 7.05 Å². The Morgan fingerprint density at radius 1 is 1.33 bits per heavy atom. The predicted octanol–water partition coefficient (Wildman–Crippen LogP) is 2.22. The molecular weight excluding hydrogens is 228 g/mol. The fraction of sp³-hybridized carbons (Fsp3) is 0.692. The summed E-state index contributed by atoms with van der Waals surface area (Å²) in [7, 11) is 1.84. The van der Waals surface area contributed by atoms with Crippen molar-refractivity contribution >= 4 is 11.8 Å². The Morgan fingerprint density at radius 3 is 2.56 bits per heavy atom. The van der Waals surface area contributed by atoms with Crippen LogP contribution in [0.5, 0.6) is 0 Å². The average molecular weight is 248 g/mol. The zero-order valence-corrected chi connectivity index (χ0v) is 10.9. The summed E-state index contributed by atoms with van der Waals surface area (Å²) in [5.41, 5.74) is 0.585. The molecule has 2 aliphatic rings. The van der Waals surface area contributed by atoms with Gasteiger partial charge in [-0.05, 0) is 31.1 Å². The fourth-order valence-corrected chi connectivity index (χ4v) is 3.03. The smallest absolute Gasteiger partial charge is 0.323 e. The summed E-state index contributed by atoms with van der Waals surface area (Å²) in [4.78, 5) is 14.0. The Bertz CT molecular complexity index is 440. The molecule has 1 aliphatic heterocycles. The minimum absolute atomic E-state index is 0.0112. The van der Waals surface area contributed by atoms with Crippen molar-refractivity contribution in [2.45, 2.75) is 32.1 Å². The zero-order valence-electron chi connectivity index (χ0n) is 10.9. The number of likely N-dealkylation sites (tertiary alicyclic amines) is 1. The summed E-state index contributed by atoms with van der Waals surface area (Å²) >= 11 is 0. The molecule has 1 saturated carbocycles. The molecule has 1 saturated heterocycles. The minimum atomic E-state index is -0.0112. The van der Waals surface area contributed by atoms with Crippen LogP contribution < -0.4 is 5.32 Å². The number of piperidine rings is 1. The van der Waals surface area contributed by atoms with Crippen LogP contribution >= 0.6 is 0 Å². The number of urea groups is 1. The van der Waals surface area contributed by atoms with Crippen LogP contribution in [-0.4, -0.2) is 33.8 Å². The maximum Gasteiger partial charge on any atom is 0.323 e. The summed E-state index contributed by atoms with van der Waals surface area (Å²) < 4.78 is 1.69. The van der Waals surface area contributed by atoms with Crippen molar-refractivity contribution in [3.63, 3.8) is 0 Å². The van der Waals surface area contributed by atoms with Gasteiger partial charge in [-0.1, -0.05) is 6.42 Å². The van der Waals surface area contributed by atoms with Crippen molar-refractivity contribution in [2.24, 2.45) is 12.5 Å². The van der Waals surface area contributed by atoms with Gasteiger partial charge in [0.15, 0.2) is 5.82 Å². The molecule has 1 aromatic rings. The molecule has 18 heavy (non-hydrogen) atoms. The first-order valence-electron chi connectivity index (χ1n) is 6.73. The number of nitrogens with one attached hydrogen (secondary N) is 1. The number of aromatic nitrogens is 2. The number of amides is 2. The summed E-state index contributed by atoms with van der Waals surface area (Å²) in [5.74, 6) is 0.631. The highest BCUT2D eigenvalue weighted by Gasteiger charge is 2.40. The van der Waals surface area contributed by atoms with Crippen molar-refractivity contribution < 1.29 is 4.79 Å². The van der Waals surface area contributed by atoms with Crippen LogP contribution in [0.1, 0.15) is 32.1 Å². The summed E-state index contributed by atoms with van der Waals surface area (Å²) in [6, 6.07) is 1.80. The third-order valence-corrected chi connectivity index (χ3v) is 4.47. The molecule has 2 heterocycles. The van der Waals surface area contributed by atoms with E-state index in [1.807, 2.05) is 24.2 Å². The van der Waals surface area contributed by atoms with E-state index in [4.69, 9.17) is 0 Å². The number of nitrogens with zero attached hydrogens (tertiary/aromatic N) is 3. The summed E-state index contributed by atoms with van der Waals surface area (Å²) in [6.45, 7) is 1.78. The lowest BCUT2D eigenvalue weighted by Gasteiger charge is -2.47. The van der Waals surface area contributed by atoms with Gasteiger partial charge >= 0.3 is 6.03 Å². The molecule has 2 fully saturated rings. The highest BCUT2D eigenvalue weighted by molar-refractivity contribution is 5.88. The molecule has 0 atom stereocenters. The number of anilines is 1. The van der Waals surface area contributed by atoms with Crippen LogP contribution in [0.2, 0.25) is 0 Å². The normalized spacial score (nSPS) is 21.7. The average Bonchev–Trinajstić information content (AvgIpc) is 2.73. The molecule has 98 valence electrons. The molecular formula is C13H20N4O. The lowest BCUT2D eigenvalue weighted by Crippen LogP contribution is -2.47. The summed E-state index contributed by atoms with van der Waals surface area (Å²) in [5, 5.41) is 7.01. The van der Waals surface area contributed by atoms with Crippen molar-refractivity contribution in [3.8, 4) is 0 Å². The Balaban J connectivity index is 1.54. The molecule has 0 unspecified atom stereocenters. The van der Waals surface area contributed by atoms with Gasteiger partial charge in [-0.25, -0.2) is 4.79 Å². The van der Waals surface area contributed by atoms with E-state index in [2.05, 4.69) is 10.4 Å². The van der Waals surface area contributed by atoms with Crippen LogP contribution in [0.4, 0.5) is 10.6 Å². The Hall–Kier alpha value is -1.52. The van der Waals surface area contributed by atoms with E-state index in [9.17, 15) is 4.79 Å². The van der Waals surface area contributed by atoms with Gasteiger partial charge in [0.1, 0.15) is 0 Å². The highest BCUT2D eigenvalue weighted by Crippen LogP contribution is 2.48. The van der Waals surface area contributed by atoms with Crippen molar-refractivity contribution in [2.75, 3.05) is 18.4 Å². The Morgan fingerprint density at radius 2 is 2.06 bits per heavy atom. The van der Waals surface area contributed by atoms with E-state index < -0.39 is 0 Å². The third-order valence-electron chi connectivity index (χ3n) is 4.47. The Kier molecular flexibility index (Phi) is 2.76. The van der Waals surface area contributed by atoms with Crippen molar-refractivity contribution in [3.05, 3.63) is 12.3 Å². The highest BCUT2D eigenvalue weighted by atomic mass is 16.2. The molecule has 1 N–H and O–H groups in total. The van der Waals surface area contributed by atoms with Gasteiger partial charge in [-0.15, -0.1) is 0 Å². The molecule has 3 rings (SSSR count). The van der Waals surface area contributed by atoms with Crippen LogP contribution in [0, 0.1) is 5.41 Å². The molecule has 5 nitrogen and oxygen atoms in total. The summed E-state index contributed by atoms with van der Waals surface area (Å²) in [6.07, 6.45) is 8.27. The van der Waals surface area contributed by atoms with Gasteiger partial charge < -0.3 is 4.90 Å². The number of rotatable bonds is 1. The lowest BCUT2D eigenvalue weighted by molar-refractivity contribution is 0.0487. The molecule has 0 aromatic carbocycles. The standard InChI is InChI=1S/C13H20N4O/c1-16-8-3-11(15-16)14-12(18)17-9-6-13(7-10-17)4-2-5-13/h3,8H,2,4-7,9-10H2,1H3,(H,14,15,18). The first-order valence-corrected chi connectivity index (χ1v) is 6.73. The van der Waals surface area contributed by atoms with Gasteiger partial charge in [0.25, 0.3) is 0 Å². The number of carbonyl (C=O) groups excluding carboxylic acids is 1. The first kappa shape index (κ1) is 11.6. The second kappa shape index (κ2) is 4.30.